The van der Waals surface area contributed by atoms with Crippen molar-refractivity contribution in [2.24, 2.45) is 11.8 Å². The first kappa shape index (κ1) is 11.7. The number of sulfone groups is 2. The van der Waals surface area contributed by atoms with Crippen LogP contribution in [0, 0.1) is 11.8 Å². The van der Waals surface area contributed by atoms with Crippen LogP contribution >= 0.6 is 0 Å². The average Bonchev–Trinajstić information content (AvgIpc) is 2.98. The normalized spacial score (nSPS) is 33.1. The summed E-state index contributed by atoms with van der Waals surface area (Å²) in [6, 6.07) is 5.95. The smallest absolute Gasteiger partial charge is 0.205 e. The van der Waals surface area contributed by atoms with Gasteiger partial charge in [0, 0.05) is 0 Å². The lowest BCUT2D eigenvalue weighted by molar-refractivity contribution is 0.569. The van der Waals surface area contributed by atoms with E-state index in [2.05, 4.69) is 0 Å². The van der Waals surface area contributed by atoms with Crippen molar-refractivity contribution in [3.8, 4) is 0 Å². The van der Waals surface area contributed by atoms with Crippen LogP contribution in [0.5, 0.6) is 0 Å². The third-order valence-electron chi connectivity index (χ3n) is 4.42. The number of benzene rings is 1. The van der Waals surface area contributed by atoms with E-state index in [1.807, 2.05) is 0 Å². The van der Waals surface area contributed by atoms with Crippen molar-refractivity contribution in [2.45, 2.75) is 29.1 Å². The fourth-order valence-electron chi connectivity index (χ4n) is 3.69. The first-order valence-corrected chi connectivity index (χ1v) is 9.24. The Hall–Kier alpha value is -1.14. The zero-order valence-electron chi connectivity index (χ0n) is 10.0. The van der Waals surface area contributed by atoms with E-state index in [1.54, 1.807) is 12.1 Å². The van der Waals surface area contributed by atoms with Gasteiger partial charge in [0.1, 0.15) is 0 Å². The van der Waals surface area contributed by atoms with Crippen LogP contribution in [0.4, 0.5) is 0 Å². The molecule has 1 fully saturated rings. The van der Waals surface area contributed by atoms with Crippen LogP contribution in [0.1, 0.15) is 19.3 Å². The van der Waals surface area contributed by atoms with Crippen LogP contribution in [0.3, 0.4) is 0 Å². The summed E-state index contributed by atoms with van der Waals surface area (Å²) < 4.78 is 50.6. The molecule has 0 amide bonds. The van der Waals surface area contributed by atoms with E-state index in [4.69, 9.17) is 0 Å². The molecule has 0 saturated heterocycles. The predicted octanol–water partition coefficient (Wildman–Crippen LogP) is 1.89. The summed E-state index contributed by atoms with van der Waals surface area (Å²) in [5.41, 5.74) is 0. The zero-order valence-corrected chi connectivity index (χ0v) is 11.7. The number of rotatable bonds is 0. The highest BCUT2D eigenvalue weighted by atomic mass is 32.2. The van der Waals surface area contributed by atoms with Crippen molar-refractivity contribution in [1.82, 2.24) is 0 Å². The van der Waals surface area contributed by atoms with Crippen LogP contribution in [0.2, 0.25) is 0 Å². The molecule has 0 unspecified atom stereocenters. The lowest BCUT2D eigenvalue weighted by atomic mass is 10.1. The van der Waals surface area contributed by atoms with E-state index in [0.29, 0.717) is 6.42 Å². The lowest BCUT2D eigenvalue weighted by Gasteiger charge is -2.25. The second kappa shape index (κ2) is 3.30. The molecular weight excluding hydrogens is 284 g/mol. The maximum atomic E-state index is 12.6. The summed E-state index contributed by atoms with van der Waals surface area (Å²) in [6.45, 7) is 0. The molecule has 0 spiro atoms. The molecule has 2 bridgehead atoms. The SMILES string of the molecule is O=S1(=O)C2=C([C@H]3CC[C@@H]2C3)S(=O)(=O)c2ccccc21. The molecule has 1 heterocycles. The molecule has 4 rings (SSSR count). The van der Waals surface area contributed by atoms with Crippen LogP contribution in [-0.2, 0) is 19.7 Å². The fourth-order valence-corrected chi connectivity index (χ4v) is 8.84. The third kappa shape index (κ3) is 1.24. The van der Waals surface area contributed by atoms with Crippen molar-refractivity contribution in [2.75, 3.05) is 0 Å². The molecule has 0 radical (unpaired) electrons. The molecule has 1 aromatic rings. The highest BCUT2D eigenvalue weighted by molar-refractivity contribution is 8.01. The second-order valence-corrected chi connectivity index (χ2v) is 9.16. The van der Waals surface area contributed by atoms with E-state index < -0.39 is 19.7 Å². The van der Waals surface area contributed by atoms with Crippen molar-refractivity contribution >= 4 is 19.7 Å². The standard InChI is InChI=1S/C13H12O4S2/c14-18(15)10-3-1-2-4-11(10)19(16,17)13-9-6-5-8(7-9)12(13)18/h1-4,8-9H,5-7H2/t8-,9+. The molecular formula is C13H12O4S2. The molecule has 19 heavy (non-hydrogen) atoms. The van der Waals surface area contributed by atoms with Gasteiger partial charge in [-0.25, -0.2) is 16.8 Å². The highest BCUT2D eigenvalue weighted by Gasteiger charge is 2.53. The fraction of sp³-hybridized carbons (Fsp3) is 0.385. The molecule has 4 nitrogen and oxygen atoms in total. The Balaban J connectivity index is 2.17. The van der Waals surface area contributed by atoms with Crippen LogP contribution in [0.25, 0.3) is 0 Å². The molecule has 1 saturated carbocycles. The van der Waals surface area contributed by atoms with Crippen molar-refractivity contribution < 1.29 is 16.8 Å². The quantitative estimate of drug-likeness (QED) is 0.733. The summed E-state index contributed by atoms with van der Waals surface area (Å²) in [5.74, 6) is -0.179. The van der Waals surface area contributed by atoms with E-state index in [-0.39, 0.29) is 31.4 Å². The van der Waals surface area contributed by atoms with E-state index in [9.17, 15) is 16.8 Å². The zero-order chi connectivity index (χ0) is 13.4. The minimum Gasteiger partial charge on any atom is -0.219 e. The first-order valence-electron chi connectivity index (χ1n) is 6.27. The van der Waals surface area contributed by atoms with Crippen LogP contribution in [0.15, 0.2) is 43.9 Å². The van der Waals surface area contributed by atoms with Gasteiger partial charge in [0.15, 0.2) is 0 Å². The van der Waals surface area contributed by atoms with Crippen molar-refractivity contribution in [3.05, 3.63) is 34.1 Å². The number of allylic oxidation sites excluding steroid dienone is 2. The van der Waals surface area contributed by atoms with Crippen LogP contribution < -0.4 is 0 Å². The Morgan fingerprint density at radius 2 is 1.21 bits per heavy atom. The molecule has 0 aromatic heterocycles. The van der Waals surface area contributed by atoms with Crippen molar-refractivity contribution in [3.63, 3.8) is 0 Å². The Bertz CT molecular complexity index is 762. The molecule has 1 aromatic carbocycles. The Labute approximate surface area is 112 Å². The minimum atomic E-state index is -3.62. The number of hydrogen-bond donors (Lipinski definition) is 0. The monoisotopic (exact) mass is 296 g/mol. The summed E-state index contributed by atoms with van der Waals surface area (Å²) in [5, 5.41) is 0. The highest BCUT2D eigenvalue weighted by Crippen LogP contribution is 2.57. The van der Waals surface area contributed by atoms with E-state index >= 15 is 0 Å². The van der Waals surface area contributed by atoms with Gasteiger partial charge in [-0.1, -0.05) is 12.1 Å². The van der Waals surface area contributed by atoms with E-state index in [0.717, 1.165) is 12.8 Å². The molecule has 3 aliphatic rings. The van der Waals surface area contributed by atoms with Crippen molar-refractivity contribution in [1.29, 1.82) is 0 Å². The van der Waals surface area contributed by atoms with Gasteiger partial charge in [0.25, 0.3) is 0 Å². The van der Waals surface area contributed by atoms with Crippen LogP contribution in [-0.4, -0.2) is 16.8 Å². The van der Waals surface area contributed by atoms with Gasteiger partial charge in [-0.05, 0) is 43.2 Å². The number of fused-ring (bicyclic) bond motifs is 5. The number of hydrogen-bond acceptors (Lipinski definition) is 4. The Morgan fingerprint density at radius 3 is 1.63 bits per heavy atom. The summed E-state index contributed by atoms with van der Waals surface area (Å²) >= 11 is 0. The summed E-state index contributed by atoms with van der Waals surface area (Å²) in [4.78, 5) is 0.313. The third-order valence-corrected chi connectivity index (χ3v) is 8.82. The van der Waals surface area contributed by atoms with Gasteiger partial charge in [0.2, 0.25) is 19.7 Å². The second-order valence-electron chi connectivity index (χ2n) is 5.39. The molecule has 2 aliphatic carbocycles. The van der Waals surface area contributed by atoms with Gasteiger partial charge >= 0.3 is 0 Å². The molecule has 0 N–H and O–H groups in total. The maximum Gasteiger partial charge on any atom is 0.205 e. The molecule has 2 atom stereocenters. The Morgan fingerprint density at radius 1 is 0.789 bits per heavy atom. The van der Waals surface area contributed by atoms with Gasteiger partial charge in [-0.3, -0.25) is 0 Å². The van der Waals surface area contributed by atoms with Gasteiger partial charge < -0.3 is 0 Å². The summed E-state index contributed by atoms with van der Waals surface area (Å²) in [7, 11) is -7.24. The first-order chi connectivity index (χ1) is 8.94. The minimum absolute atomic E-state index is 0.0405. The molecule has 6 heteroatoms. The van der Waals surface area contributed by atoms with Gasteiger partial charge in [-0.2, -0.15) is 0 Å². The molecule has 1 aliphatic heterocycles. The average molecular weight is 296 g/mol. The molecule has 100 valence electrons. The van der Waals surface area contributed by atoms with Gasteiger partial charge in [-0.15, -0.1) is 0 Å². The predicted molar refractivity (Wildman–Crippen MR) is 68.7 cm³/mol. The Kier molecular flexibility index (Phi) is 2.03. The lowest BCUT2D eigenvalue weighted by Crippen LogP contribution is -2.25. The maximum absolute atomic E-state index is 12.6. The van der Waals surface area contributed by atoms with E-state index in [1.165, 1.54) is 12.1 Å². The topological polar surface area (TPSA) is 68.3 Å². The largest absolute Gasteiger partial charge is 0.219 e. The summed E-state index contributed by atoms with van der Waals surface area (Å²) in [6.07, 6.45) is 2.26. The van der Waals surface area contributed by atoms with Gasteiger partial charge in [0.05, 0.1) is 19.6 Å².